The fourth-order valence-electron chi connectivity index (χ4n) is 2.23. The number of rotatable bonds is 5. The van der Waals surface area contributed by atoms with Crippen molar-refractivity contribution in [2.45, 2.75) is 12.8 Å². The number of anilines is 1. The fraction of sp³-hybridized carbons (Fsp3) is 0.462. The molecule has 1 aromatic carbocycles. The Balaban J connectivity index is 1.97. The Morgan fingerprint density at radius 3 is 2.78 bits per heavy atom. The van der Waals surface area contributed by atoms with Crippen LogP contribution in [0, 0.1) is 5.82 Å². The van der Waals surface area contributed by atoms with E-state index in [9.17, 15) is 9.18 Å². The van der Waals surface area contributed by atoms with Gasteiger partial charge in [-0.25, -0.2) is 9.18 Å². The number of halogens is 1. The van der Waals surface area contributed by atoms with Crippen molar-refractivity contribution in [3.05, 3.63) is 29.6 Å². The lowest BCUT2D eigenvalue weighted by atomic mass is 10.1. The lowest BCUT2D eigenvalue weighted by Gasteiger charge is -2.16. The van der Waals surface area contributed by atoms with Crippen LogP contribution < -0.4 is 5.32 Å². The van der Waals surface area contributed by atoms with E-state index in [0.717, 1.165) is 19.6 Å². The van der Waals surface area contributed by atoms with E-state index in [0.29, 0.717) is 6.54 Å². The molecule has 0 bridgehead atoms. The third-order valence-corrected chi connectivity index (χ3v) is 3.17. The number of nitrogens with one attached hydrogen (secondary N) is 1. The summed E-state index contributed by atoms with van der Waals surface area (Å²) in [7, 11) is 0. The van der Waals surface area contributed by atoms with Gasteiger partial charge in [-0.15, -0.1) is 0 Å². The molecule has 0 spiro atoms. The molecule has 2 N–H and O–H groups in total. The summed E-state index contributed by atoms with van der Waals surface area (Å²) in [4.78, 5) is 13.3. The minimum atomic E-state index is -1.11. The number of benzene rings is 1. The van der Waals surface area contributed by atoms with Crippen LogP contribution in [0.4, 0.5) is 10.1 Å². The van der Waals surface area contributed by atoms with Crippen molar-refractivity contribution < 1.29 is 14.3 Å². The first-order valence-corrected chi connectivity index (χ1v) is 6.16. The predicted octanol–water partition coefficient (Wildman–Crippen LogP) is 2.03. The molecule has 0 saturated carbocycles. The average Bonchev–Trinajstić information content (AvgIpc) is 2.84. The zero-order chi connectivity index (χ0) is 13.0. The first kappa shape index (κ1) is 12.8. The Kier molecular flexibility index (Phi) is 4.15. The summed E-state index contributed by atoms with van der Waals surface area (Å²) in [5.74, 6) is -1.63. The van der Waals surface area contributed by atoms with E-state index in [1.54, 1.807) is 0 Å². The number of carbonyl (C=O) groups is 1. The second kappa shape index (κ2) is 5.82. The van der Waals surface area contributed by atoms with Gasteiger partial charge in [-0.05, 0) is 38.1 Å². The molecular formula is C13H17FN2O2. The number of hydrogen-bond acceptors (Lipinski definition) is 3. The van der Waals surface area contributed by atoms with Crippen LogP contribution in [-0.2, 0) is 0 Å². The Morgan fingerprint density at radius 1 is 1.39 bits per heavy atom. The van der Waals surface area contributed by atoms with Crippen molar-refractivity contribution in [3.63, 3.8) is 0 Å². The van der Waals surface area contributed by atoms with E-state index in [2.05, 4.69) is 10.2 Å². The molecule has 1 saturated heterocycles. The van der Waals surface area contributed by atoms with E-state index in [-0.39, 0.29) is 11.3 Å². The van der Waals surface area contributed by atoms with E-state index in [1.165, 1.54) is 31.0 Å². The SMILES string of the molecule is O=C(O)c1cccc(F)c1NCCN1CCCC1. The maximum atomic E-state index is 13.6. The molecule has 98 valence electrons. The van der Waals surface area contributed by atoms with Gasteiger partial charge in [0, 0.05) is 13.1 Å². The molecule has 5 heteroatoms. The molecule has 0 atom stereocenters. The van der Waals surface area contributed by atoms with E-state index < -0.39 is 11.8 Å². The Bertz CT molecular complexity index is 431. The van der Waals surface area contributed by atoms with Gasteiger partial charge < -0.3 is 15.3 Å². The minimum absolute atomic E-state index is 0.0172. The lowest BCUT2D eigenvalue weighted by Crippen LogP contribution is -2.26. The molecule has 0 amide bonds. The third kappa shape index (κ3) is 2.98. The van der Waals surface area contributed by atoms with Crippen molar-refractivity contribution in [2.75, 3.05) is 31.5 Å². The second-order valence-electron chi connectivity index (χ2n) is 4.44. The first-order chi connectivity index (χ1) is 8.68. The molecule has 18 heavy (non-hydrogen) atoms. The van der Waals surface area contributed by atoms with Crippen LogP contribution in [0.3, 0.4) is 0 Å². The summed E-state index contributed by atoms with van der Waals surface area (Å²) in [5, 5.41) is 11.9. The van der Waals surface area contributed by atoms with Crippen LogP contribution in [0.25, 0.3) is 0 Å². The minimum Gasteiger partial charge on any atom is -0.478 e. The Hall–Kier alpha value is -1.62. The topological polar surface area (TPSA) is 52.6 Å². The number of likely N-dealkylation sites (tertiary alicyclic amines) is 1. The van der Waals surface area contributed by atoms with Crippen LogP contribution in [0.15, 0.2) is 18.2 Å². The van der Waals surface area contributed by atoms with Crippen molar-refractivity contribution in [1.29, 1.82) is 0 Å². The highest BCUT2D eigenvalue weighted by molar-refractivity contribution is 5.94. The highest BCUT2D eigenvalue weighted by atomic mass is 19.1. The van der Waals surface area contributed by atoms with Crippen molar-refractivity contribution >= 4 is 11.7 Å². The average molecular weight is 252 g/mol. The Morgan fingerprint density at radius 2 is 2.11 bits per heavy atom. The van der Waals surface area contributed by atoms with Crippen LogP contribution in [0.5, 0.6) is 0 Å². The van der Waals surface area contributed by atoms with Gasteiger partial charge in [0.05, 0.1) is 11.3 Å². The molecule has 1 heterocycles. The fourth-order valence-corrected chi connectivity index (χ4v) is 2.23. The second-order valence-corrected chi connectivity index (χ2v) is 4.44. The maximum absolute atomic E-state index is 13.6. The van der Waals surface area contributed by atoms with Crippen molar-refractivity contribution in [1.82, 2.24) is 4.90 Å². The van der Waals surface area contributed by atoms with Crippen LogP contribution in [0.1, 0.15) is 23.2 Å². The largest absolute Gasteiger partial charge is 0.478 e. The van der Waals surface area contributed by atoms with Gasteiger partial charge in [-0.3, -0.25) is 0 Å². The molecule has 0 radical (unpaired) electrons. The summed E-state index contributed by atoms with van der Waals surface area (Å²) in [6.45, 7) is 3.52. The van der Waals surface area contributed by atoms with E-state index >= 15 is 0 Å². The zero-order valence-electron chi connectivity index (χ0n) is 10.2. The summed E-state index contributed by atoms with van der Waals surface area (Å²) in [6.07, 6.45) is 2.42. The van der Waals surface area contributed by atoms with Crippen molar-refractivity contribution in [3.8, 4) is 0 Å². The standard InChI is InChI=1S/C13H17FN2O2/c14-11-5-3-4-10(13(17)18)12(11)15-6-9-16-7-1-2-8-16/h3-5,15H,1-2,6-9H2,(H,17,18). The molecule has 0 aromatic heterocycles. The van der Waals surface area contributed by atoms with Crippen LogP contribution >= 0.6 is 0 Å². The molecule has 1 aromatic rings. The number of carboxylic acid groups (broad SMARTS) is 1. The molecule has 1 fully saturated rings. The summed E-state index contributed by atoms with van der Waals surface area (Å²) in [5.41, 5.74) is 0.0700. The zero-order valence-corrected chi connectivity index (χ0v) is 10.2. The smallest absolute Gasteiger partial charge is 0.337 e. The number of aromatic carboxylic acids is 1. The molecule has 2 rings (SSSR count). The highest BCUT2D eigenvalue weighted by Crippen LogP contribution is 2.19. The van der Waals surface area contributed by atoms with Crippen molar-refractivity contribution in [2.24, 2.45) is 0 Å². The van der Waals surface area contributed by atoms with Gasteiger partial charge in [-0.2, -0.15) is 0 Å². The molecule has 1 aliphatic rings. The highest BCUT2D eigenvalue weighted by Gasteiger charge is 2.15. The number of para-hydroxylation sites is 1. The van der Waals surface area contributed by atoms with E-state index in [1.807, 2.05) is 0 Å². The van der Waals surface area contributed by atoms with E-state index in [4.69, 9.17) is 5.11 Å². The number of carboxylic acids is 1. The van der Waals surface area contributed by atoms with Gasteiger partial charge in [0.2, 0.25) is 0 Å². The van der Waals surface area contributed by atoms with Crippen LogP contribution in [0.2, 0.25) is 0 Å². The maximum Gasteiger partial charge on any atom is 0.337 e. The molecular weight excluding hydrogens is 235 g/mol. The summed E-state index contributed by atoms with van der Waals surface area (Å²) >= 11 is 0. The number of nitrogens with zero attached hydrogens (tertiary/aromatic N) is 1. The monoisotopic (exact) mass is 252 g/mol. The third-order valence-electron chi connectivity index (χ3n) is 3.17. The molecule has 1 aliphatic heterocycles. The van der Waals surface area contributed by atoms with Gasteiger partial charge >= 0.3 is 5.97 Å². The van der Waals surface area contributed by atoms with Gasteiger partial charge in [-0.1, -0.05) is 6.07 Å². The van der Waals surface area contributed by atoms with Gasteiger partial charge in [0.1, 0.15) is 5.82 Å². The lowest BCUT2D eigenvalue weighted by molar-refractivity contribution is 0.0697. The quantitative estimate of drug-likeness (QED) is 0.842. The molecule has 4 nitrogen and oxygen atoms in total. The normalized spacial score (nSPS) is 15.8. The summed E-state index contributed by atoms with van der Waals surface area (Å²) in [6, 6.07) is 4.08. The summed E-state index contributed by atoms with van der Waals surface area (Å²) < 4.78 is 13.6. The molecule has 0 aliphatic carbocycles. The molecule has 0 unspecified atom stereocenters. The number of hydrogen-bond donors (Lipinski definition) is 2. The Labute approximate surface area is 105 Å². The van der Waals surface area contributed by atoms with Crippen LogP contribution in [-0.4, -0.2) is 42.2 Å². The van der Waals surface area contributed by atoms with Gasteiger partial charge in [0.25, 0.3) is 0 Å². The predicted molar refractivity (Wildman–Crippen MR) is 67.5 cm³/mol. The first-order valence-electron chi connectivity index (χ1n) is 6.16. The van der Waals surface area contributed by atoms with Gasteiger partial charge in [0.15, 0.2) is 0 Å².